The van der Waals surface area contributed by atoms with Gasteiger partial charge in [-0.05, 0) is 29.7 Å². The molecule has 1 heterocycles. The summed E-state index contributed by atoms with van der Waals surface area (Å²) >= 11 is 0. The minimum atomic E-state index is 0.0508. The van der Waals surface area contributed by atoms with Crippen molar-refractivity contribution in [2.24, 2.45) is 0 Å². The van der Waals surface area contributed by atoms with Crippen molar-refractivity contribution in [2.45, 2.75) is 13.0 Å². The van der Waals surface area contributed by atoms with E-state index in [2.05, 4.69) is 25.1 Å². The number of carbonyl (C=O) groups excluding carboxylic acids is 1. The number of amides is 1. The second-order valence-electron chi connectivity index (χ2n) is 4.77. The fourth-order valence-electron chi connectivity index (χ4n) is 2.76. The quantitative estimate of drug-likeness (QED) is 0.746. The molecule has 1 amide bonds. The van der Waals surface area contributed by atoms with E-state index in [4.69, 9.17) is 0 Å². The van der Waals surface area contributed by atoms with Gasteiger partial charge in [0.05, 0.1) is 6.04 Å². The van der Waals surface area contributed by atoms with Crippen LogP contribution in [0, 0.1) is 6.92 Å². The SMILES string of the molecule is Cc1cccc2c1C(c1ccccc1)N(C)C2=O. The molecular formula is C16H15NO. The van der Waals surface area contributed by atoms with Gasteiger partial charge in [0.25, 0.3) is 5.91 Å². The van der Waals surface area contributed by atoms with E-state index < -0.39 is 0 Å². The van der Waals surface area contributed by atoms with Crippen molar-refractivity contribution >= 4 is 5.91 Å². The lowest BCUT2D eigenvalue weighted by molar-refractivity contribution is 0.0793. The summed E-state index contributed by atoms with van der Waals surface area (Å²) in [5, 5.41) is 0. The number of rotatable bonds is 1. The highest BCUT2D eigenvalue weighted by atomic mass is 16.2. The molecule has 2 nitrogen and oxygen atoms in total. The van der Waals surface area contributed by atoms with Gasteiger partial charge >= 0.3 is 0 Å². The first kappa shape index (κ1) is 11.0. The maximum atomic E-state index is 12.3. The summed E-state index contributed by atoms with van der Waals surface area (Å²) in [6.07, 6.45) is 0. The molecule has 1 atom stereocenters. The number of aryl methyl sites for hydroxylation is 1. The topological polar surface area (TPSA) is 20.3 Å². The number of hydrogen-bond acceptors (Lipinski definition) is 1. The van der Waals surface area contributed by atoms with Crippen LogP contribution in [0.1, 0.15) is 33.1 Å². The van der Waals surface area contributed by atoms with Crippen molar-refractivity contribution in [1.82, 2.24) is 4.90 Å². The summed E-state index contributed by atoms with van der Waals surface area (Å²) in [4.78, 5) is 14.1. The van der Waals surface area contributed by atoms with E-state index in [1.54, 1.807) is 0 Å². The van der Waals surface area contributed by atoms with E-state index in [1.165, 1.54) is 11.1 Å². The zero-order valence-corrected chi connectivity index (χ0v) is 10.6. The molecular weight excluding hydrogens is 222 g/mol. The Hall–Kier alpha value is -2.09. The molecule has 1 aliphatic rings. The number of carbonyl (C=O) groups is 1. The van der Waals surface area contributed by atoms with Gasteiger partial charge in [-0.3, -0.25) is 4.79 Å². The smallest absolute Gasteiger partial charge is 0.254 e. The van der Waals surface area contributed by atoms with Gasteiger partial charge in [0.1, 0.15) is 0 Å². The molecule has 18 heavy (non-hydrogen) atoms. The second kappa shape index (κ2) is 3.98. The van der Waals surface area contributed by atoms with Gasteiger partial charge < -0.3 is 4.90 Å². The van der Waals surface area contributed by atoms with Gasteiger partial charge in [0.2, 0.25) is 0 Å². The van der Waals surface area contributed by atoms with Crippen LogP contribution in [0.5, 0.6) is 0 Å². The van der Waals surface area contributed by atoms with Gasteiger partial charge in [-0.2, -0.15) is 0 Å². The van der Waals surface area contributed by atoms with Crippen molar-refractivity contribution in [1.29, 1.82) is 0 Å². The third-order valence-electron chi connectivity index (χ3n) is 3.65. The third-order valence-corrected chi connectivity index (χ3v) is 3.65. The highest BCUT2D eigenvalue weighted by molar-refractivity contribution is 6.00. The number of fused-ring (bicyclic) bond motifs is 1. The molecule has 2 heteroatoms. The Morgan fingerprint density at radius 1 is 1.00 bits per heavy atom. The van der Waals surface area contributed by atoms with Gasteiger partial charge in [0, 0.05) is 12.6 Å². The lowest BCUT2D eigenvalue weighted by atomic mass is 9.94. The Morgan fingerprint density at radius 3 is 2.44 bits per heavy atom. The zero-order chi connectivity index (χ0) is 12.7. The fraction of sp³-hybridized carbons (Fsp3) is 0.188. The molecule has 1 aliphatic heterocycles. The van der Waals surface area contributed by atoms with Gasteiger partial charge in [0.15, 0.2) is 0 Å². The van der Waals surface area contributed by atoms with E-state index in [9.17, 15) is 4.79 Å². The first-order valence-corrected chi connectivity index (χ1v) is 6.12. The Bertz CT molecular complexity index is 604. The minimum Gasteiger partial charge on any atom is -0.331 e. The Kier molecular flexibility index (Phi) is 2.44. The summed E-state index contributed by atoms with van der Waals surface area (Å²) in [6.45, 7) is 2.07. The van der Waals surface area contributed by atoms with E-state index in [0.717, 1.165) is 11.1 Å². The molecule has 0 fully saturated rings. The summed E-state index contributed by atoms with van der Waals surface area (Å²) in [5.74, 6) is 0.113. The maximum Gasteiger partial charge on any atom is 0.254 e. The Labute approximate surface area is 107 Å². The molecule has 2 aromatic carbocycles. The number of nitrogens with zero attached hydrogens (tertiary/aromatic N) is 1. The monoisotopic (exact) mass is 237 g/mol. The molecule has 0 bridgehead atoms. The van der Waals surface area contributed by atoms with Crippen LogP contribution in [-0.2, 0) is 0 Å². The molecule has 0 radical (unpaired) electrons. The van der Waals surface area contributed by atoms with Gasteiger partial charge in [-0.25, -0.2) is 0 Å². The van der Waals surface area contributed by atoms with Gasteiger partial charge in [-0.15, -0.1) is 0 Å². The average Bonchev–Trinajstić information content (AvgIpc) is 2.65. The third kappa shape index (κ3) is 1.46. The van der Waals surface area contributed by atoms with Crippen LogP contribution in [0.25, 0.3) is 0 Å². The second-order valence-corrected chi connectivity index (χ2v) is 4.77. The predicted molar refractivity (Wildman–Crippen MR) is 71.6 cm³/mol. The molecule has 0 saturated carbocycles. The van der Waals surface area contributed by atoms with Crippen molar-refractivity contribution in [3.8, 4) is 0 Å². The van der Waals surface area contributed by atoms with Crippen LogP contribution in [0.4, 0.5) is 0 Å². The molecule has 3 rings (SSSR count). The molecule has 0 aliphatic carbocycles. The summed E-state index contributed by atoms with van der Waals surface area (Å²) in [7, 11) is 1.87. The number of benzene rings is 2. The van der Waals surface area contributed by atoms with Gasteiger partial charge in [-0.1, -0.05) is 42.5 Å². The normalized spacial score (nSPS) is 18.0. The van der Waals surface area contributed by atoms with Crippen LogP contribution in [0.15, 0.2) is 48.5 Å². The fourth-order valence-corrected chi connectivity index (χ4v) is 2.76. The van der Waals surface area contributed by atoms with Crippen molar-refractivity contribution in [3.05, 3.63) is 70.8 Å². The maximum absolute atomic E-state index is 12.3. The molecule has 2 aromatic rings. The zero-order valence-electron chi connectivity index (χ0n) is 10.6. The van der Waals surface area contributed by atoms with Crippen molar-refractivity contribution in [2.75, 3.05) is 7.05 Å². The summed E-state index contributed by atoms with van der Waals surface area (Å²) < 4.78 is 0. The lowest BCUT2D eigenvalue weighted by Gasteiger charge is -2.22. The first-order valence-electron chi connectivity index (χ1n) is 6.12. The Balaban J connectivity index is 2.22. The average molecular weight is 237 g/mol. The molecule has 1 unspecified atom stereocenters. The summed E-state index contributed by atoms with van der Waals surface area (Å²) in [6, 6.07) is 16.2. The van der Waals surface area contributed by atoms with Crippen LogP contribution in [-0.4, -0.2) is 17.9 Å². The first-order chi connectivity index (χ1) is 8.70. The molecule has 0 spiro atoms. The molecule has 0 aromatic heterocycles. The van der Waals surface area contributed by atoms with E-state index >= 15 is 0 Å². The largest absolute Gasteiger partial charge is 0.331 e. The summed E-state index contributed by atoms with van der Waals surface area (Å²) in [5.41, 5.74) is 4.34. The molecule has 90 valence electrons. The lowest BCUT2D eigenvalue weighted by Crippen LogP contribution is -2.23. The van der Waals surface area contributed by atoms with E-state index in [-0.39, 0.29) is 11.9 Å². The van der Waals surface area contributed by atoms with E-state index in [0.29, 0.717) is 0 Å². The van der Waals surface area contributed by atoms with Crippen LogP contribution in [0.2, 0.25) is 0 Å². The minimum absolute atomic E-state index is 0.0508. The van der Waals surface area contributed by atoms with Crippen molar-refractivity contribution in [3.63, 3.8) is 0 Å². The Morgan fingerprint density at radius 2 is 1.72 bits per heavy atom. The van der Waals surface area contributed by atoms with Crippen LogP contribution in [0.3, 0.4) is 0 Å². The molecule has 0 N–H and O–H groups in total. The van der Waals surface area contributed by atoms with Crippen LogP contribution >= 0.6 is 0 Å². The molecule has 0 saturated heterocycles. The van der Waals surface area contributed by atoms with E-state index in [1.807, 2.05) is 42.3 Å². The van der Waals surface area contributed by atoms with Crippen molar-refractivity contribution < 1.29 is 4.79 Å². The standard InChI is InChI=1S/C16H15NO/c1-11-7-6-10-13-14(11)15(17(2)16(13)18)12-8-4-3-5-9-12/h3-10,15H,1-2H3. The highest BCUT2D eigenvalue weighted by Crippen LogP contribution is 2.38. The number of hydrogen-bond donors (Lipinski definition) is 0. The van der Waals surface area contributed by atoms with Crippen LogP contribution < -0.4 is 0 Å². The highest BCUT2D eigenvalue weighted by Gasteiger charge is 2.35. The predicted octanol–water partition coefficient (Wildman–Crippen LogP) is 3.17.